The number of carbonyl (C=O) groups is 2. The SMILES string of the molecule is [C-]#[N+]c1ccc(-c2cccc3cccc(-c4ccc(-c5cccc6cccc(-c7ccc(C#N)cc7)c56)c(NC(=O)C(C)(C)C)c4NC(=O)C(C)(C)C)c23)cc1. The van der Waals surface area contributed by atoms with Crippen LogP contribution < -0.4 is 10.6 Å². The van der Waals surface area contributed by atoms with Crippen LogP contribution in [0.25, 0.3) is 70.9 Å². The van der Waals surface area contributed by atoms with Gasteiger partial charge in [0.2, 0.25) is 11.8 Å². The van der Waals surface area contributed by atoms with Crippen LogP contribution in [0.4, 0.5) is 17.1 Å². The number of rotatable bonds is 6. The van der Waals surface area contributed by atoms with E-state index in [0.29, 0.717) is 22.6 Å². The monoisotopic (exact) mass is 730 g/mol. The van der Waals surface area contributed by atoms with Crippen molar-refractivity contribution in [2.24, 2.45) is 10.8 Å². The molecule has 0 bridgehead atoms. The molecule has 0 heterocycles. The maximum Gasteiger partial charge on any atom is 0.229 e. The lowest BCUT2D eigenvalue weighted by atomic mass is 9.86. The van der Waals surface area contributed by atoms with E-state index in [-0.39, 0.29) is 11.8 Å². The van der Waals surface area contributed by atoms with Gasteiger partial charge in [0.1, 0.15) is 0 Å². The summed E-state index contributed by atoms with van der Waals surface area (Å²) in [5.41, 5.74) is 7.75. The number of hydrogen-bond donors (Lipinski definition) is 2. The van der Waals surface area contributed by atoms with Crippen LogP contribution in [0.15, 0.2) is 133 Å². The minimum absolute atomic E-state index is 0.200. The van der Waals surface area contributed by atoms with Gasteiger partial charge in [0.05, 0.1) is 29.6 Å². The van der Waals surface area contributed by atoms with E-state index >= 15 is 0 Å². The number of fused-ring (bicyclic) bond motifs is 2. The van der Waals surface area contributed by atoms with Crippen molar-refractivity contribution in [1.82, 2.24) is 0 Å². The molecule has 7 aromatic carbocycles. The minimum atomic E-state index is -0.755. The number of anilines is 2. The molecule has 0 aliphatic rings. The maximum absolute atomic E-state index is 14.1. The largest absolute Gasteiger partial charge is 0.323 e. The zero-order valence-electron chi connectivity index (χ0n) is 32.4. The predicted octanol–water partition coefficient (Wildman–Crippen LogP) is 13.1. The Kier molecular flexibility index (Phi) is 9.77. The molecule has 0 unspecified atom stereocenters. The molecule has 0 spiro atoms. The molecule has 0 aliphatic heterocycles. The van der Waals surface area contributed by atoms with Gasteiger partial charge in [-0.05, 0) is 67.1 Å². The fourth-order valence-electron chi connectivity index (χ4n) is 6.97. The summed E-state index contributed by atoms with van der Waals surface area (Å²) in [4.78, 5) is 31.9. The molecular formula is C50H42N4O2. The topological polar surface area (TPSA) is 86.3 Å². The Bertz CT molecular complexity index is 2550. The van der Waals surface area contributed by atoms with E-state index in [0.717, 1.165) is 66.1 Å². The van der Waals surface area contributed by atoms with Crippen LogP contribution in [0.3, 0.4) is 0 Å². The van der Waals surface area contributed by atoms with Crippen LogP contribution in [-0.2, 0) is 9.59 Å². The predicted molar refractivity (Wildman–Crippen MR) is 230 cm³/mol. The maximum atomic E-state index is 14.1. The fraction of sp³-hybridized carbons (Fsp3) is 0.160. The molecule has 56 heavy (non-hydrogen) atoms. The molecule has 7 rings (SSSR count). The van der Waals surface area contributed by atoms with Crippen LogP contribution in [0.5, 0.6) is 0 Å². The lowest BCUT2D eigenvalue weighted by Gasteiger charge is -2.27. The third-order valence-corrected chi connectivity index (χ3v) is 10.1. The zero-order valence-corrected chi connectivity index (χ0v) is 32.4. The van der Waals surface area contributed by atoms with E-state index in [4.69, 9.17) is 6.57 Å². The summed E-state index contributed by atoms with van der Waals surface area (Å²) in [6.07, 6.45) is 0. The van der Waals surface area contributed by atoms with Gasteiger partial charge in [-0.3, -0.25) is 9.59 Å². The summed E-state index contributed by atoms with van der Waals surface area (Å²) in [5, 5.41) is 20.1. The van der Waals surface area contributed by atoms with E-state index in [1.165, 1.54) is 0 Å². The average Bonchev–Trinajstić information content (AvgIpc) is 3.19. The van der Waals surface area contributed by atoms with E-state index in [1.54, 1.807) is 0 Å². The second-order valence-corrected chi connectivity index (χ2v) is 16.1. The standard InChI is InChI=1S/C50H42N4O2/c1-49(2,3)47(55)53-45-41(39-18-10-14-34-12-8-16-37(43(34)39)32-22-20-31(30-51)21-23-32)28-29-42(46(45)54-48(56)50(4,5)6)40-19-11-15-35-13-9-17-38(44(35)40)33-24-26-36(52-7)27-25-33/h8-29H,1-6H3,(H,53,55)(H,54,56). The van der Waals surface area contributed by atoms with Crippen molar-refractivity contribution in [3.8, 4) is 50.6 Å². The number of nitriles is 1. The van der Waals surface area contributed by atoms with E-state index < -0.39 is 10.8 Å². The van der Waals surface area contributed by atoms with E-state index in [2.05, 4.69) is 70.1 Å². The van der Waals surface area contributed by atoms with Gasteiger partial charge in [0, 0.05) is 22.0 Å². The highest BCUT2D eigenvalue weighted by molar-refractivity contribution is 6.17. The van der Waals surface area contributed by atoms with Crippen LogP contribution in [0.2, 0.25) is 0 Å². The highest BCUT2D eigenvalue weighted by Crippen LogP contribution is 2.48. The van der Waals surface area contributed by atoms with Gasteiger partial charge in [-0.25, -0.2) is 4.85 Å². The molecule has 7 aromatic rings. The van der Waals surface area contributed by atoms with Crippen molar-refractivity contribution < 1.29 is 9.59 Å². The van der Waals surface area contributed by atoms with Gasteiger partial charge < -0.3 is 10.6 Å². The summed E-state index contributed by atoms with van der Waals surface area (Å²) < 4.78 is 0. The van der Waals surface area contributed by atoms with Crippen LogP contribution >= 0.6 is 0 Å². The molecule has 0 fully saturated rings. The smallest absolute Gasteiger partial charge is 0.229 e. The Morgan fingerprint density at radius 2 is 0.893 bits per heavy atom. The second kappa shape index (κ2) is 14.7. The Balaban J connectivity index is 1.57. The van der Waals surface area contributed by atoms with Crippen LogP contribution in [0, 0.1) is 28.7 Å². The molecule has 274 valence electrons. The summed E-state index contributed by atoms with van der Waals surface area (Å²) in [5.74, 6) is -0.401. The van der Waals surface area contributed by atoms with Crippen molar-refractivity contribution in [2.75, 3.05) is 10.6 Å². The molecule has 0 saturated carbocycles. The molecule has 0 radical (unpaired) electrons. The summed E-state index contributed by atoms with van der Waals surface area (Å²) in [6.45, 7) is 18.7. The van der Waals surface area contributed by atoms with Crippen molar-refractivity contribution in [1.29, 1.82) is 5.26 Å². The summed E-state index contributed by atoms with van der Waals surface area (Å²) in [7, 11) is 0. The number of benzene rings is 7. The van der Waals surface area contributed by atoms with Crippen molar-refractivity contribution in [2.45, 2.75) is 41.5 Å². The van der Waals surface area contributed by atoms with Crippen molar-refractivity contribution in [3.63, 3.8) is 0 Å². The first kappa shape index (κ1) is 37.3. The first-order valence-corrected chi connectivity index (χ1v) is 18.6. The van der Waals surface area contributed by atoms with E-state index in [9.17, 15) is 14.9 Å². The van der Waals surface area contributed by atoms with Gasteiger partial charge in [0.15, 0.2) is 5.69 Å². The lowest BCUT2D eigenvalue weighted by Crippen LogP contribution is -2.31. The molecule has 6 heteroatoms. The lowest BCUT2D eigenvalue weighted by molar-refractivity contribution is -0.124. The molecule has 0 atom stereocenters. The minimum Gasteiger partial charge on any atom is -0.323 e. The highest BCUT2D eigenvalue weighted by atomic mass is 16.2. The Morgan fingerprint density at radius 1 is 0.518 bits per heavy atom. The second-order valence-electron chi connectivity index (χ2n) is 16.1. The van der Waals surface area contributed by atoms with Crippen molar-refractivity contribution >= 4 is 50.4 Å². The summed E-state index contributed by atoms with van der Waals surface area (Å²) in [6, 6.07) is 46.0. The summed E-state index contributed by atoms with van der Waals surface area (Å²) >= 11 is 0. The molecule has 2 N–H and O–H groups in total. The molecule has 6 nitrogen and oxygen atoms in total. The molecule has 2 amide bonds. The van der Waals surface area contributed by atoms with Gasteiger partial charge in [-0.2, -0.15) is 5.26 Å². The number of nitrogens with zero attached hydrogens (tertiary/aromatic N) is 2. The van der Waals surface area contributed by atoms with Crippen molar-refractivity contribution in [3.05, 3.63) is 150 Å². The first-order valence-electron chi connectivity index (χ1n) is 18.6. The van der Waals surface area contributed by atoms with Crippen LogP contribution in [-0.4, -0.2) is 11.8 Å². The van der Waals surface area contributed by atoms with Gasteiger partial charge in [-0.1, -0.05) is 163 Å². The van der Waals surface area contributed by atoms with Gasteiger partial charge in [-0.15, -0.1) is 0 Å². The number of carbonyl (C=O) groups excluding carboxylic acids is 2. The van der Waals surface area contributed by atoms with E-state index in [1.807, 2.05) is 126 Å². The molecule has 0 saturated heterocycles. The highest BCUT2D eigenvalue weighted by Gasteiger charge is 2.29. The average molecular weight is 731 g/mol. The Morgan fingerprint density at radius 3 is 1.25 bits per heavy atom. The molecular weight excluding hydrogens is 689 g/mol. The van der Waals surface area contributed by atoms with Gasteiger partial charge >= 0.3 is 0 Å². The number of hydrogen-bond acceptors (Lipinski definition) is 3. The van der Waals surface area contributed by atoms with Gasteiger partial charge in [0.25, 0.3) is 0 Å². The first-order chi connectivity index (χ1) is 26.8. The number of nitrogens with one attached hydrogen (secondary N) is 2. The quantitative estimate of drug-likeness (QED) is 0.167. The fourth-order valence-corrected chi connectivity index (χ4v) is 6.97. The number of amides is 2. The van der Waals surface area contributed by atoms with Crippen LogP contribution in [0.1, 0.15) is 47.1 Å². The zero-order chi connectivity index (χ0) is 39.8. The Hall–Kier alpha value is -7.02. The third kappa shape index (κ3) is 7.14. The third-order valence-electron chi connectivity index (χ3n) is 10.1. The normalized spacial score (nSPS) is 11.5. The Labute approximate surface area is 328 Å². The molecule has 0 aromatic heterocycles. The molecule has 0 aliphatic carbocycles.